The summed E-state index contributed by atoms with van der Waals surface area (Å²) in [6, 6.07) is 5.17. The maximum atomic E-state index is 15.3. The van der Waals surface area contributed by atoms with E-state index < -0.39 is 54.5 Å². The number of fused-ring (bicyclic) bond motifs is 1. The second kappa shape index (κ2) is 10.3. The highest BCUT2D eigenvalue weighted by molar-refractivity contribution is 9.10. The average Bonchev–Trinajstić information content (AvgIpc) is 3.29. The lowest BCUT2D eigenvalue weighted by atomic mass is 9.84. The molecule has 13 heteroatoms. The summed E-state index contributed by atoms with van der Waals surface area (Å²) in [5.41, 5.74) is -1.67. The second-order valence-corrected chi connectivity index (χ2v) is 20.1. The number of alkyl halides is 1. The highest BCUT2D eigenvalue weighted by atomic mass is 79.9. The molecule has 38 heavy (non-hydrogen) atoms. The Morgan fingerprint density at radius 2 is 2.11 bits per heavy atom. The van der Waals surface area contributed by atoms with Crippen molar-refractivity contribution >= 4 is 47.0 Å². The molecule has 0 bridgehead atoms. The Morgan fingerprint density at radius 1 is 1.39 bits per heavy atom. The average molecular weight is 631 g/mol. The fraction of sp³-hybridized carbons (Fsp3) is 0.600. The van der Waals surface area contributed by atoms with Crippen LogP contribution >= 0.6 is 27.7 Å². The van der Waals surface area contributed by atoms with Crippen molar-refractivity contribution < 1.29 is 23.4 Å². The van der Waals surface area contributed by atoms with Gasteiger partial charge in [-0.3, -0.25) is 5.10 Å². The van der Waals surface area contributed by atoms with Crippen LogP contribution in [0.5, 0.6) is 0 Å². The number of hydrogen-bond donors (Lipinski definition) is 2. The van der Waals surface area contributed by atoms with Crippen molar-refractivity contribution in [3.05, 3.63) is 45.9 Å². The van der Waals surface area contributed by atoms with Crippen LogP contribution in [0.15, 0.2) is 33.9 Å². The third kappa shape index (κ3) is 5.43. The number of ether oxygens (including phenoxy) is 1. The first-order valence-electron chi connectivity index (χ1n) is 12.5. The molecular formula is C25H34BrF2N5O3SSi. The maximum absolute atomic E-state index is 15.3. The minimum absolute atomic E-state index is 0.0548. The van der Waals surface area contributed by atoms with E-state index in [1.807, 2.05) is 20.8 Å². The maximum Gasteiger partial charge on any atom is 0.415 e. The first kappa shape index (κ1) is 29.2. The molecule has 1 amide bonds. The van der Waals surface area contributed by atoms with Gasteiger partial charge in [0.2, 0.25) is 0 Å². The molecule has 0 spiro atoms. The van der Waals surface area contributed by atoms with Gasteiger partial charge in [0.25, 0.3) is 0 Å². The van der Waals surface area contributed by atoms with Gasteiger partial charge in [0.1, 0.15) is 24.3 Å². The van der Waals surface area contributed by atoms with Crippen LogP contribution in [0.1, 0.15) is 38.4 Å². The van der Waals surface area contributed by atoms with Gasteiger partial charge in [0, 0.05) is 42.2 Å². The fourth-order valence-electron chi connectivity index (χ4n) is 4.94. The van der Waals surface area contributed by atoms with Gasteiger partial charge in [-0.25, -0.2) is 23.5 Å². The molecule has 1 aromatic heterocycles. The number of H-pyrrole nitrogens is 1. The summed E-state index contributed by atoms with van der Waals surface area (Å²) in [6.45, 7) is 11.7. The van der Waals surface area contributed by atoms with Crippen LogP contribution in [-0.4, -0.2) is 64.3 Å². The molecule has 2 heterocycles. The number of nitrogens with zero attached hydrogens (tertiary/aromatic N) is 4. The molecule has 1 fully saturated rings. The molecule has 1 aromatic carbocycles. The molecule has 1 aliphatic heterocycles. The van der Waals surface area contributed by atoms with Crippen molar-refractivity contribution in [1.82, 2.24) is 20.3 Å². The smallest absolute Gasteiger partial charge is 0.415 e. The van der Waals surface area contributed by atoms with Crippen LogP contribution in [0, 0.1) is 17.2 Å². The molecule has 208 valence electrons. The molecule has 2 N–H and O–H groups in total. The van der Waals surface area contributed by atoms with Crippen LogP contribution in [0.3, 0.4) is 0 Å². The summed E-state index contributed by atoms with van der Waals surface area (Å²) in [6.07, 6.45) is -0.137. The molecule has 0 radical (unpaired) electrons. The number of thioether (sulfide) groups is 1. The van der Waals surface area contributed by atoms with E-state index in [-0.39, 0.29) is 10.7 Å². The second-order valence-electron chi connectivity index (χ2n) is 12.2. The molecule has 4 atom stereocenters. The number of amidine groups is 1. The first-order chi connectivity index (χ1) is 17.6. The van der Waals surface area contributed by atoms with Crippen LogP contribution in [-0.2, 0) is 15.0 Å². The predicted molar refractivity (Wildman–Crippen MR) is 150 cm³/mol. The SMILES string of the molecule is CC(C)(C)C(OCC[Si](C)(C)C)N(C(=O)O)C1=N[C@](CF)(c2cc(Br)ccc2F)[C@@H]2C[C@]2(c2c[nH]nn2)S1. The molecule has 1 aliphatic carbocycles. The number of benzene rings is 1. The Kier molecular flexibility index (Phi) is 7.89. The van der Waals surface area contributed by atoms with Gasteiger partial charge in [0.15, 0.2) is 5.17 Å². The lowest BCUT2D eigenvalue weighted by Crippen LogP contribution is -2.53. The normalized spacial score (nSPS) is 25.9. The van der Waals surface area contributed by atoms with Crippen LogP contribution in [0.4, 0.5) is 13.6 Å². The molecule has 0 saturated heterocycles. The number of halogens is 3. The molecule has 4 rings (SSSR count). The Labute approximate surface area is 235 Å². The Bertz CT molecular complexity index is 1220. The van der Waals surface area contributed by atoms with E-state index in [1.165, 1.54) is 30.0 Å². The van der Waals surface area contributed by atoms with Crippen LogP contribution in [0.25, 0.3) is 0 Å². The van der Waals surface area contributed by atoms with Gasteiger partial charge in [-0.1, -0.05) is 73.3 Å². The monoisotopic (exact) mass is 629 g/mol. The zero-order chi connectivity index (χ0) is 28.1. The Morgan fingerprint density at radius 3 is 2.66 bits per heavy atom. The summed E-state index contributed by atoms with van der Waals surface area (Å²) in [4.78, 5) is 18.7. The van der Waals surface area contributed by atoms with Gasteiger partial charge < -0.3 is 9.84 Å². The van der Waals surface area contributed by atoms with E-state index in [1.54, 1.807) is 6.20 Å². The molecule has 1 saturated carbocycles. The van der Waals surface area contributed by atoms with Crippen molar-refractivity contribution in [2.24, 2.45) is 16.3 Å². The van der Waals surface area contributed by atoms with Gasteiger partial charge in [-0.15, -0.1) is 5.10 Å². The predicted octanol–water partition coefficient (Wildman–Crippen LogP) is 6.60. The van der Waals surface area contributed by atoms with Crippen LogP contribution < -0.4 is 0 Å². The number of nitrogens with one attached hydrogen (secondary N) is 1. The minimum atomic E-state index is -1.65. The van der Waals surface area contributed by atoms with E-state index in [4.69, 9.17) is 9.73 Å². The number of aliphatic imine (C=N–C) groups is 1. The van der Waals surface area contributed by atoms with Crippen molar-refractivity contribution in [2.45, 2.75) is 69.4 Å². The summed E-state index contributed by atoms with van der Waals surface area (Å²) in [5, 5.41) is 21.3. The largest absolute Gasteiger partial charge is 0.465 e. The van der Waals surface area contributed by atoms with Gasteiger partial charge in [-0.05, 0) is 30.7 Å². The fourth-order valence-corrected chi connectivity index (χ4v) is 7.63. The zero-order valence-corrected chi connectivity index (χ0v) is 25.8. The van der Waals surface area contributed by atoms with Crippen molar-refractivity contribution in [3.8, 4) is 0 Å². The zero-order valence-electron chi connectivity index (χ0n) is 22.4. The molecule has 2 aromatic rings. The van der Waals surface area contributed by atoms with E-state index >= 15 is 8.78 Å². The van der Waals surface area contributed by atoms with Crippen molar-refractivity contribution in [3.63, 3.8) is 0 Å². The van der Waals surface area contributed by atoms with Crippen LogP contribution in [0.2, 0.25) is 25.7 Å². The number of carboxylic acid groups (broad SMARTS) is 1. The summed E-state index contributed by atoms with van der Waals surface area (Å²) >= 11 is 4.58. The quantitative estimate of drug-likeness (QED) is 0.252. The highest BCUT2D eigenvalue weighted by Crippen LogP contribution is 2.71. The number of amides is 1. The molecule has 8 nitrogen and oxygen atoms in total. The van der Waals surface area contributed by atoms with E-state index in [9.17, 15) is 9.90 Å². The Balaban J connectivity index is 1.87. The van der Waals surface area contributed by atoms with E-state index in [0.717, 1.165) is 10.9 Å². The summed E-state index contributed by atoms with van der Waals surface area (Å²) < 4.78 is 36.6. The summed E-state index contributed by atoms with van der Waals surface area (Å²) in [7, 11) is -1.46. The minimum Gasteiger partial charge on any atom is -0.465 e. The molecule has 1 unspecified atom stereocenters. The van der Waals surface area contributed by atoms with Gasteiger partial charge in [-0.2, -0.15) is 0 Å². The lowest BCUT2D eigenvalue weighted by molar-refractivity contribution is -0.0761. The molecular weight excluding hydrogens is 596 g/mol. The highest BCUT2D eigenvalue weighted by Gasteiger charge is 2.71. The third-order valence-corrected chi connectivity index (χ3v) is 10.7. The standard InChI is InChI=1S/C25H34BrF2N5O3SSi/c1-23(2,3)20(36-9-10-38(4,5)6)33(22(34)35)21-30-24(14-27,16-11-15(26)7-8-17(16)28)18-12-25(18,37-21)19-13-29-32-31-19/h7-8,11,13,18,20H,9-10,12,14H2,1-6H3,(H,34,35)(H,29,31,32)/t18-,20?,24+,25-/m0/s1. The number of aromatic nitrogens is 3. The molecule has 2 aliphatic rings. The van der Waals surface area contributed by atoms with Crippen molar-refractivity contribution in [1.29, 1.82) is 0 Å². The lowest BCUT2D eigenvalue weighted by Gasteiger charge is -2.42. The number of aromatic amines is 1. The topological polar surface area (TPSA) is 104 Å². The summed E-state index contributed by atoms with van der Waals surface area (Å²) in [5.74, 6) is -1.07. The van der Waals surface area contributed by atoms with E-state index in [0.29, 0.717) is 23.2 Å². The Hall–Kier alpha value is -1.83. The number of carbonyl (C=O) groups is 1. The van der Waals surface area contributed by atoms with Crippen molar-refractivity contribution in [2.75, 3.05) is 13.3 Å². The van der Waals surface area contributed by atoms with Gasteiger partial charge >= 0.3 is 6.09 Å². The number of hydrogen-bond acceptors (Lipinski definition) is 6. The van der Waals surface area contributed by atoms with E-state index in [2.05, 4.69) is 51.0 Å². The van der Waals surface area contributed by atoms with Gasteiger partial charge in [0.05, 0.1) is 10.4 Å². The first-order valence-corrected chi connectivity index (χ1v) is 17.8. The third-order valence-electron chi connectivity index (χ3n) is 7.02. The number of rotatable bonds is 8.